The molecular formula is C27H36N2O4. The number of likely N-dealkylation sites (N-methyl/N-ethyl adjacent to an activating group) is 1. The van der Waals surface area contributed by atoms with Gasteiger partial charge in [-0.25, -0.2) is 4.79 Å². The first kappa shape index (κ1) is 22.3. The second-order valence-electron chi connectivity index (χ2n) is 11.0. The van der Waals surface area contributed by atoms with Crippen LogP contribution in [0.2, 0.25) is 0 Å². The summed E-state index contributed by atoms with van der Waals surface area (Å²) < 4.78 is 10.9. The van der Waals surface area contributed by atoms with Gasteiger partial charge in [0.15, 0.2) is 11.5 Å². The average Bonchev–Trinajstić information content (AvgIpc) is 3.13. The van der Waals surface area contributed by atoms with E-state index in [2.05, 4.69) is 25.2 Å². The van der Waals surface area contributed by atoms with Gasteiger partial charge in [-0.05, 0) is 79.9 Å². The molecule has 0 saturated heterocycles. The number of methoxy groups -OCH3 is 1. The molecule has 3 saturated carbocycles. The Kier molecular flexibility index (Phi) is 5.45. The Bertz CT molecular complexity index is 977. The molecule has 1 heterocycles. The summed E-state index contributed by atoms with van der Waals surface area (Å²) in [5.74, 6) is 2.93. The number of amides is 2. The predicted molar refractivity (Wildman–Crippen MR) is 126 cm³/mol. The summed E-state index contributed by atoms with van der Waals surface area (Å²) in [6.45, 7) is 4.74. The predicted octanol–water partition coefficient (Wildman–Crippen LogP) is 4.79. The molecule has 3 aliphatic carbocycles. The van der Waals surface area contributed by atoms with E-state index in [-0.39, 0.29) is 22.8 Å². The molecule has 0 radical (unpaired) electrons. The first-order chi connectivity index (χ1) is 15.8. The van der Waals surface area contributed by atoms with Crippen molar-refractivity contribution in [1.82, 2.24) is 10.2 Å². The molecule has 1 N–H and O–H groups in total. The van der Waals surface area contributed by atoms with Crippen molar-refractivity contribution < 1.29 is 19.1 Å². The maximum Gasteiger partial charge on any atom is 0.412 e. The number of carbonyl (C=O) groups is 2. The minimum atomic E-state index is -0.403. The number of nitrogens with zero attached hydrogens (tertiary/aromatic N) is 1. The van der Waals surface area contributed by atoms with E-state index in [1.807, 2.05) is 24.1 Å². The monoisotopic (exact) mass is 452 g/mol. The quantitative estimate of drug-likeness (QED) is 0.716. The summed E-state index contributed by atoms with van der Waals surface area (Å²) in [5, 5.41) is 3.21. The van der Waals surface area contributed by atoms with Gasteiger partial charge in [-0.15, -0.1) is 0 Å². The van der Waals surface area contributed by atoms with Gasteiger partial charge in [0, 0.05) is 24.5 Å². The minimum Gasteiger partial charge on any atom is -0.493 e. The van der Waals surface area contributed by atoms with E-state index in [0.29, 0.717) is 35.3 Å². The number of carbonyl (C=O) groups excluding carboxylic acids is 2. The van der Waals surface area contributed by atoms with Crippen LogP contribution in [0.1, 0.15) is 52.4 Å². The van der Waals surface area contributed by atoms with Crippen LogP contribution in [0.25, 0.3) is 0 Å². The summed E-state index contributed by atoms with van der Waals surface area (Å²) in [4.78, 5) is 27.1. The molecule has 7 atom stereocenters. The van der Waals surface area contributed by atoms with Gasteiger partial charge in [0.2, 0.25) is 5.91 Å². The fourth-order valence-corrected chi connectivity index (χ4v) is 7.95. The number of hydrogen-bond acceptors (Lipinski definition) is 4. The smallest absolute Gasteiger partial charge is 0.412 e. The zero-order valence-electron chi connectivity index (χ0n) is 20.2. The van der Waals surface area contributed by atoms with Gasteiger partial charge in [-0.1, -0.05) is 32.1 Å². The highest BCUT2D eigenvalue weighted by atomic mass is 16.6. The summed E-state index contributed by atoms with van der Waals surface area (Å²) in [5.41, 5.74) is 0.117. The fraction of sp³-hybridized carbons (Fsp3) is 0.630. The second kappa shape index (κ2) is 8.07. The van der Waals surface area contributed by atoms with E-state index in [0.717, 1.165) is 38.5 Å². The molecule has 33 heavy (non-hydrogen) atoms. The third kappa shape index (κ3) is 3.44. The van der Waals surface area contributed by atoms with Crippen LogP contribution >= 0.6 is 0 Å². The van der Waals surface area contributed by atoms with E-state index < -0.39 is 6.09 Å². The number of benzene rings is 1. The Morgan fingerprint density at radius 3 is 2.58 bits per heavy atom. The van der Waals surface area contributed by atoms with Crippen LogP contribution < -0.4 is 14.8 Å². The molecule has 0 spiro atoms. The Hall–Kier alpha value is -2.50. The van der Waals surface area contributed by atoms with Gasteiger partial charge in [0.1, 0.15) is 0 Å². The molecule has 6 heteroatoms. The van der Waals surface area contributed by atoms with E-state index in [4.69, 9.17) is 9.47 Å². The lowest BCUT2D eigenvalue weighted by Gasteiger charge is -2.60. The maximum atomic E-state index is 12.8. The molecule has 0 aromatic heterocycles. The molecule has 178 valence electrons. The summed E-state index contributed by atoms with van der Waals surface area (Å²) in [6.07, 6.45) is 10.2. The van der Waals surface area contributed by atoms with Crippen molar-refractivity contribution in [2.45, 2.75) is 64.5 Å². The number of rotatable bonds is 3. The van der Waals surface area contributed by atoms with Crippen molar-refractivity contribution in [3.05, 3.63) is 36.4 Å². The molecule has 6 nitrogen and oxygen atoms in total. The standard InChI is InChI=1S/C27H36N2O4/c1-26-15-13-19-17(9-12-23-27(19,2)16-14-24(30)29(23)3)18(26)10-11-22(26)28-25(31)33-21-8-6-5-7-20(21)32-4/h5-8,14,16-19,22-23H,9-13,15H2,1-4H3,(H,28,31)/t17-,18-,19-,22-,23+,26-,27+/m0/s1. The van der Waals surface area contributed by atoms with E-state index in [9.17, 15) is 9.59 Å². The van der Waals surface area contributed by atoms with Crippen molar-refractivity contribution >= 4 is 12.0 Å². The highest BCUT2D eigenvalue weighted by molar-refractivity contribution is 5.89. The third-order valence-electron chi connectivity index (χ3n) is 9.69. The first-order valence-corrected chi connectivity index (χ1v) is 12.4. The van der Waals surface area contributed by atoms with Crippen LogP contribution in [-0.4, -0.2) is 43.1 Å². The lowest BCUT2D eigenvalue weighted by Crippen LogP contribution is -2.60. The van der Waals surface area contributed by atoms with Crippen LogP contribution in [-0.2, 0) is 4.79 Å². The number of fused-ring (bicyclic) bond motifs is 5. The molecule has 1 aromatic rings. The molecular weight excluding hydrogens is 416 g/mol. The summed E-state index contributed by atoms with van der Waals surface area (Å²) in [6, 6.07) is 7.64. The Morgan fingerprint density at radius 2 is 1.82 bits per heavy atom. The highest BCUT2D eigenvalue weighted by Crippen LogP contribution is 2.63. The number of para-hydroxylation sites is 2. The molecule has 2 amide bonds. The van der Waals surface area contributed by atoms with Crippen LogP contribution in [0.5, 0.6) is 11.5 Å². The zero-order valence-corrected chi connectivity index (χ0v) is 20.2. The molecule has 0 bridgehead atoms. The maximum absolute atomic E-state index is 12.8. The van der Waals surface area contributed by atoms with Crippen LogP contribution in [0.4, 0.5) is 4.79 Å². The molecule has 1 aromatic carbocycles. The van der Waals surface area contributed by atoms with E-state index >= 15 is 0 Å². The molecule has 3 fully saturated rings. The number of hydrogen-bond donors (Lipinski definition) is 1. The average molecular weight is 453 g/mol. The zero-order chi connectivity index (χ0) is 23.4. The van der Waals surface area contributed by atoms with Gasteiger partial charge in [0.05, 0.1) is 7.11 Å². The molecule has 1 aliphatic heterocycles. The van der Waals surface area contributed by atoms with Gasteiger partial charge in [-0.2, -0.15) is 0 Å². The Labute approximate surface area is 196 Å². The van der Waals surface area contributed by atoms with Crippen molar-refractivity contribution in [2.24, 2.45) is 28.6 Å². The first-order valence-electron chi connectivity index (χ1n) is 12.4. The third-order valence-corrected chi connectivity index (χ3v) is 9.69. The molecule has 5 rings (SSSR count). The lowest BCUT2D eigenvalue weighted by molar-refractivity contribution is -0.138. The molecule has 4 aliphatic rings. The van der Waals surface area contributed by atoms with Crippen molar-refractivity contribution in [2.75, 3.05) is 14.2 Å². The Balaban J connectivity index is 1.31. The Morgan fingerprint density at radius 1 is 1.06 bits per heavy atom. The SMILES string of the molecule is COc1ccccc1OC(=O)N[C@H]1CC[C@H]2[C@@H]3CC[C@H]4N(C)C(=O)C=C[C@]4(C)[C@H]3CC[C@]12C. The van der Waals surface area contributed by atoms with Crippen LogP contribution in [0, 0.1) is 28.6 Å². The highest BCUT2D eigenvalue weighted by Gasteiger charge is 2.60. The van der Waals surface area contributed by atoms with Gasteiger partial charge in [0.25, 0.3) is 0 Å². The van der Waals surface area contributed by atoms with Crippen molar-refractivity contribution in [1.29, 1.82) is 0 Å². The molecule has 0 unspecified atom stereocenters. The summed E-state index contributed by atoms with van der Waals surface area (Å²) >= 11 is 0. The van der Waals surface area contributed by atoms with Gasteiger partial charge >= 0.3 is 6.09 Å². The largest absolute Gasteiger partial charge is 0.493 e. The van der Waals surface area contributed by atoms with Gasteiger partial charge in [-0.3, -0.25) is 4.79 Å². The number of nitrogens with one attached hydrogen (secondary N) is 1. The fourth-order valence-electron chi connectivity index (χ4n) is 7.95. The van der Waals surface area contributed by atoms with Crippen molar-refractivity contribution in [3.63, 3.8) is 0 Å². The van der Waals surface area contributed by atoms with Crippen LogP contribution in [0.3, 0.4) is 0 Å². The number of ether oxygens (including phenoxy) is 2. The van der Waals surface area contributed by atoms with Crippen molar-refractivity contribution in [3.8, 4) is 11.5 Å². The minimum absolute atomic E-state index is 0.0429. The van der Waals surface area contributed by atoms with Gasteiger partial charge < -0.3 is 19.7 Å². The lowest BCUT2D eigenvalue weighted by atomic mass is 9.48. The van der Waals surface area contributed by atoms with E-state index in [1.165, 1.54) is 0 Å². The second-order valence-corrected chi connectivity index (χ2v) is 11.0. The van der Waals surface area contributed by atoms with Crippen LogP contribution in [0.15, 0.2) is 36.4 Å². The normalized spacial score (nSPS) is 39.3. The summed E-state index contributed by atoms with van der Waals surface area (Å²) in [7, 11) is 3.54. The van der Waals surface area contributed by atoms with E-state index in [1.54, 1.807) is 25.3 Å². The topological polar surface area (TPSA) is 67.9 Å².